The van der Waals surface area contributed by atoms with Gasteiger partial charge in [0.1, 0.15) is 11.2 Å². The second-order valence-corrected chi connectivity index (χ2v) is 5.30. The molecule has 3 aromatic rings. The summed E-state index contributed by atoms with van der Waals surface area (Å²) in [6, 6.07) is 12.5. The van der Waals surface area contributed by atoms with Crippen molar-refractivity contribution in [2.24, 2.45) is 0 Å². The van der Waals surface area contributed by atoms with Gasteiger partial charge in [-0.15, -0.1) is 0 Å². The first kappa shape index (κ1) is 11.4. The molecule has 0 radical (unpaired) electrons. The van der Waals surface area contributed by atoms with Gasteiger partial charge in [-0.05, 0) is 37.6 Å². The highest BCUT2D eigenvalue weighted by molar-refractivity contribution is 6.06. The van der Waals surface area contributed by atoms with E-state index >= 15 is 0 Å². The zero-order valence-corrected chi connectivity index (χ0v) is 11.6. The number of benzene rings is 2. The van der Waals surface area contributed by atoms with Gasteiger partial charge in [-0.25, -0.2) is 0 Å². The van der Waals surface area contributed by atoms with Crippen LogP contribution in [-0.4, -0.2) is 6.17 Å². The van der Waals surface area contributed by atoms with E-state index in [2.05, 4.69) is 54.5 Å². The van der Waals surface area contributed by atoms with E-state index in [0.29, 0.717) is 0 Å². The minimum absolute atomic E-state index is 0.282. The smallest absolute Gasteiger partial charge is 0.135 e. The molecule has 3 nitrogen and oxygen atoms in total. The van der Waals surface area contributed by atoms with Crippen molar-refractivity contribution < 1.29 is 4.42 Å². The first-order valence-electron chi connectivity index (χ1n) is 6.87. The highest BCUT2D eigenvalue weighted by Crippen LogP contribution is 2.35. The number of nitrogens with zero attached hydrogens (tertiary/aromatic N) is 1. The summed E-state index contributed by atoms with van der Waals surface area (Å²) in [5, 5.41) is 5.64. The molecule has 0 saturated heterocycles. The van der Waals surface area contributed by atoms with E-state index in [4.69, 9.17) is 4.42 Å². The lowest BCUT2D eigenvalue weighted by Crippen LogP contribution is -2.32. The molecule has 0 spiro atoms. The summed E-state index contributed by atoms with van der Waals surface area (Å²) in [5.41, 5.74) is 4.34. The van der Waals surface area contributed by atoms with Crippen molar-refractivity contribution in [1.82, 2.24) is 5.32 Å². The summed E-state index contributed by atoms with van der Waals surface area (Å²) in [4.78, 5) is 2.25. The molecular formula is C17H16N2O. The number of anilines is 1. The van der Waals surface area contributed by atoms with Gasteiger partial charge in [-0.3, -0.25) is 0 Å². The maximum absolute atomic E-state index is 5.93. The molecule has 1 aliphatic heterocycles. The number of aryl methyl sites for hydroxylation is 1. The van der Waals surface area contributed by atoms with Gasteiger partial charge in [0.05, 0.1) is 6.17 Å². The van der Waals surface area contributed by atoms with E-state index in [1.165, 1.54) is 22.0 Å². The largest absolute Gasteiger partial charge is 0.456 e. The van der Waals surface area contributed by atoms with Gasteiger partial charge in [-0.1, -0.05) is 18.2 Å². The zero-order valence-electron chi connectivity index (χ0n) is 11.6. The van der Waals surface area contributed by atoms with Crippen LogP contribution in [0.25, 0.3) is 21.9 Å². The Morgan fingerprint density at radius 2 is 1.95 bits per heavy atom. The van der Waals surface area contributed by atoms with Gasteiger partial charge in [0.25, 0.3) is 0 Å². The lowest BCUT2D eigenvalue weighted by atomic mass is 10.1. The van der Waals surface area contributed by atoms with E-state index in [-0.39, 0.29) is 6.17 Å². The Labute approximate surface area is 117 Å². The number of hydrogen-bond donors (Lipinski definition) is 1. The molecule has 0 fully saturated rings. The Morgan fingerprint density at radius 3 is 2.75 bits per heavy atom. The van der Waals surface area contributed by atoms with Gasteiger partial charge in [0, 0.05) is 28.9 Å². The Kier molecular flexibility index (Phi) is 2.30. The minimum Gasteiger partial charge on any atom is -0.456 e. The summed E-state index contributed by atoms with van der Waals surface area (Å²) >= 11 is 0. The Bertz CT molecular complexity index is 831. The minimum atomic E-state index is 0.282. The van der Waals surface area contributed by atoms with Crippen LogP contribution in [0.5, 0.6) is 0 Å². The number of rotatable bonds is 1. The predicted octanol–water partition coefficient (Wildman–Crippen LogP) is 4.12. The third-order valence-electron chi connectivity index (χ3n) is 3.96. The molecule has 4 rings (SSSR count). The van der Waals surface area contributed by atoms with E-state index in [1.807, 2.05) is 18.3 Å². The lowest BCUT2D eigenvalue weighted by Gasteiger charge is -2.24. The van der Waals surface area contributed by atoms with Gasteiger partial charge >= 0.3 is 0 Å². The van der Waals surface area contributed by atoms with Crippen molar-refractivity contribution in [3.05, 3.63) is 54.4 Å². The molecule has 2 heterocycles. The Balaban J connectivity index is 2.00. The van der Waals surface area contributed by atoms with E-state index in [9.17, 15) is 0 Å². The highest BCUT2D eigenvalue weighted by Gasteiger charge is 2.19. The summed E-state index contributed by atoms with van der Waals surface area (Å²) < 4.78 is 5.93. The third kappa shape index (κ3) is 1.53. The fraction of sp³-hybridized carbons (Fsp3) is 0.176. The van der Waals surface area contributed by atoms with Crippen LogP contribution in [0.3, 0.4) is 0 Å². The molecular weight excluding hydrogens is 248 g/mol. The van der Waals surface area contributed by atoms with Crippen molar-refractivity contribution in [2.45, 2.75) is 20.0 Å². The molecule has 2 aromatic carbocycles. The second kappa shape index (κ2) is 4.04. The van der Waals surface area contributed by atoms with Gasteiger partial charge < -0.3 is 14.6 Å². The Morgan fingerprint density at radius 1 is 1.10 bits per heavy atom. The second-order valence-electron chi connectivity index (χ2n) is 5.30. The lowest BCUT2D eigenvalue weighted by molar-refractivity contribution is 0.667. The molecule has 3 heteroatoms. The molecule has 1 unspecified atom stereocenters. The summed E-state index contributed by atoms with van der Waals surface area (Å²) in [6.07, 6.45) is 4.35. The summed E-state index contributed by atoms with van der Waals surface area (Å²) in [7, 11) is 0. The maximum Gasteiger partial charge on any atom is 0.135 e. The maximum atomic E-state index is 5.93. The average molecular weight is 264 g/mol. The topological polar surface area (TPSA) is 28.4 Å². The first-order chi connectivity index (χ1) is 9.74. The van der Waals surface area contributed by atoms with Gasteiger partial charge in [-0.2, -0.15) is 0 Å². The van der Waals surface area contributed by atoms with Crippen molar-refractivity contribution >= 4 is 27.6 Å². The molecule has 1 N–H and O–H groups in total. The highest BCUT2D eigenvalue weighted by atomic mass is 16.3. The van der Waals surface area contributed by atoms with E-state index < -0.39 is 0 Å². The molecule has 20 heavy (non-hydrogen) atoms. The van der Waals surface area contributed by atoms with Crippen molar-refractivity contribution in [2.75, 3.05) is 4.90 Å². The SMILES string of the molecule is Cc1cc2oc3ccccc3c2cc1N1C=CNC1C. The third-order valence-corrected chi connectivity index (χ3v) is 3.96. The number of fused-ring (bicyclic) bond motifs is 3. The number of hydrogen-bond acceptors (Lipinski definition) is 3. The quantitative estimate of drug-likeness (QED) is 0.716. The van der Waals surface area contributed by atoms with Crippen LogP contribution in [0, 0.1) is 6.92 Å². The predicted molar refractivity (Wildman–Crippen MR) is 82.7 cm³/mol. The molecule has 0 saturated carbocycles. The number of para-hydroxylation sites is 1. The number of furan rings is 1. The fourth-order valence-corrected chi connectivity index (χ4v) is 2.90. The Hall–Kier alpha value is -2.42. The molecule has 1 aromatic heterocycles. The molecule has 0 aliphatic carbocycles. The number of nitrogens with one attached hydrogen (secondary N) is 1. The molecule has 1 aliphatic rings. The van der Waals surface area contributed by atoms with Crippen molar-refractivity contribution in [1.29, 1.82) is 0 Å². The molecule has 1 atom stereocenters. The summed E-state index contributed by atoms with van der Waals surface area (Å²) in [6.45, 7) is 4.28. The van der Waals surface area contributed by atoms with E-state index in [1.54, 1.807) is 0 Å². The van der Waals surface area contributed by atoms with Crippen LogP contribution in [0.4, 0.5) is 5.69 Å². The van der Waals surface area contributed by atoms with Gasteiger partial charge in [0.2, 0.25) is 0 Å². The van der Waals surface area contributed by atoms with Crippen LogP contribution in [0.15, 0.2) is 53.2 Å². The van der Waals surface area contributed by atoms with Crippen LogP contribution in [0.2, 0.25) is 0 Å². The molecule has 100 valence electrons. The monoisotopic (exact) mass is 264 g/mol. The van der Waals surface area contributed by atoms with Crippen LogP contribution < -0.4 is 10.2 Å². The van der Waals surface area contributed by atoms with E-state index in [0.717, 1.165) is 11.2 Å². The van der Waals surface area contributed by atoms with Gasteiger partial charge in [0.15, 0.2) is 0 Å². The van der Waals surface area contributed by atoms with Crippen molar-refractivity contribution in [3.63, 3.8) is 0 Å². The van der Waals surface area contributed by atoms with Crippen molar-refractivity contribution in [3.8, 4) is 0 Å². The fourth-order valence-electron chi connectivity index (χ4n) is 2.90. The summed E-state index contributed by atoms with van der Waals surface area (Å²) in [5.74, 6) is 0. The molecule has 0 amide bonds. The van der Waals surface area contributed by atoms with Crippen LogP contribution in [-0.2, 0) is 0 Å². The van der Waals surface area contributed by atoms with Crippen LogP contribution in [0.1, 0.15) is 12.5 Å². The standard InChI is InChI=1S/C17H16N2O/c1-11-9-17-14(13-5-3-4-6-16(13)20-17)10-15(11)19-8-7-18-12(19)2/h3-10,12,18H,1-2H3. The van der Waals surface area contributed by atoms with Crippen LogP contribution >= 0.6 is 0 Å². The average Bonchev–Trinajstić information content (AvgIpc) is 3.01. The zero-order chi connectivity index (χ0) is 13.7. The first-order valence-corrected chi connectivity index (χ1v) is 6.87. The molecule has 0 bridgehead atoms. The normalized spacial score (nSPS) is 18.1.